The Morgan fingerprint density at radius 3 is 1.37 bits per heavy atom. The molecule has 19 heteroatoms. The van der Waals surface area contributed by atoms with Crippen molar-refractivity contribution >= 4 is 93.1 Å². The number of pyridine rings is 2. The zero-order valence-electron chi connectivity index (χ0n) is 38.1. The van der Waals surface area contributed by atoms with Crippen LogP contribution in [0.5, 0.6) is 11.5 Å². The van der Waals surface area contributed by atoms with Gasteiger partial charge >= 0.3 is 0 Å². The first kappa shape index (κ1) is 52.7. The van der Waals surface area contributed by atoms with Gasteiger partial charge in [-0.2, -0.15) is 0 Å². The molecule has 4 aromatic rings. The van der Waals surface area contributed by atoms with Gasteiger partial charge in [-0.05, 0) is 148 Å². The first-order valence-electron chi connectivity index (χ1n) is 21.1. The van der Waals surface area contributed by atoms with Gasteiger partial charge in [0.05, 0.1) is 22.9 Å². The average molecular weight is 1050 g/mol. The zero-order chi connectivity index (χ0) is 46.9. The minimum atomic E-state index is -3.51. The molecule has 2 fully saturated rings. The molecule has 0 aliphatic carbocycles. The van der Waals surface area contributed by atoms with Crippen LogP contribution in [0.3, 0.4) is 0 Å². The third kappa shape index (κ3) is 16.2. The van der Waals surface area contributed by atoms with E-state index >= 15 is 0 Å². The van der Waals surface area contributed by atoms with Crippen molar-refractivity contribution in [3.63, 3.8) is 0 Å². The molecule has 6 rings (SSSR count). The van der Waals surface area contributed by atoms with Crippen molar-refractivity contribution in [3.05, 3.63) is 99.7 Å². The lowest BCUT2D eigenvalue weighted by atomic mass is 10.1. The number of nitrogens with zero attached hydrogens (tertiary/aromatic N) is 3. The summed E-state index contributed by atoms with van der Waals surface area (Å²) in [6.45, 7) is 24.5. The fourth-order valence-electron chi connectivity index (χ4n) is 5.97. The van der Waals surface area contributed by atoms with E-state index in [2.05, 4.69) is 113 Å². The largest absolute Gasteiger partial charge is 0.542 e. The van der Waals surface area contributed by atoms with E-state index in [-0.39, 0.29) is 15.3 Å². The van der Waals surface area contributed by atoms with Crippen molar-refractivity contribution in [2.45, 2.75) is 114 Å². The van der Waals surface area contributed by atoms with Crippen LogP contribution in [0.25, 0.3) is 0 Å². The number of anilines is 3. The predicted octanol–water partition coefficient (Wildman–Crippen LogP) is 11.6. The number of rotatable bonds is 11. The Hall–Kier alpha value is -2.91. The third-order valence-electron chi connectivity index (χ3n) is 11.9. The third-order valence-corrected chi connectivity index (χ3v) is 25.4. The fourth-order valence-corrected chi connectivity index (χ4v) is 11.4. The summed E-state index contributed by atoms with van der Waals surface area (Å²) >= 11 is 14.8. The number of piperidine rings is 2. The van der Waals surface area contributed by atoms with Gasteiger partial charge in [0.2, 0.25) is 20.0 Å². The molecule has 2 aromatic heterocycles. The summed E-state index contributed by atoms with van der Waals surface area (Å²) in [5.41, 5.74) is 1.06. The van der Waals surface area contributed by atoms with Crippen LogP contribution in [-0.4, -0.2) is 80.1 Å². The van der Waals surface area contributed by atoms with Gasteiger partial charge in [0.15, 0.2) is 0 Å². The van der Waals surface area contributed by atoms with E-state index in [9.17, 15) is 16.8 Å². The fraction of sp³-hybridized carbons (Fsp3) is 0.500. The molecule has 0 saturated carbocycles. The first-order valence-corrected chi connectivity index (χ1v) is 31.6. The maximum Gasteiger partial charge on any atom is 0.250 e. The molecular weight excluding hydrogens is 980 g/mol. The summed E-state index contributed by atoms with van der Waals surface area (Å²) in [6.07, 6.45) is 5.57. The highest BCUT2D eigenvalue weighted by Crippen LogP contribution is 2.38. The van der Waals surface area contributed by atoms with E-state index in [4.69, 9.17) is 32.1 Å². The second-order valence-electron chi connectivity index (χ2n) is 18.8. The highest BCUT2D eigenvalue weighted by atomic mass is 79.9. The predicted molar refractivity (Wildman–Crippen MR) is 271 cm³/mol. The summed E-state index contributed by atoms with van der Waals surface area (Å²) in [7, 11) is -10.8. The van der Waals surface area contributed by atoms with Gasteiger partial charge in [-0.3, -0.25) is 9.44 Å². The Balaban J connectivity index is 0.000000240. The van der Waals surface area contributed by atoms with Crippen molar-refractivity contribution in [2.75, 3.05) is 40.5 Å². The molecular formula is C44H65BrCl2N6O6S2Si2. The molecule has 0 spiro atoms. The highest BCUT2D eigenvalue weighted by Gasteiger charge is 2.40. The molecule has 348 valence electrons. The molecule has 0 bridgehead atoms. The van der Waals surface area contributed by atoms with Gasteiger partial charge in [0.25, 0.3) is 16.6 Å². The molecule has 0 unspecified atom stereocenters. The summed E-state index contributed by atoms with van der Waals surface area (Å²) < 4.78 is 69.2. The van der Waals surface area contributed by atoms with E-state index in [0.29, 0.717) is 66.9 Å². The lowest BCUT2D eigenvalue weighted by molar-refractivity contribution is 0.490. The number of benzene rings is 2. The van der Waals surface area contributed by atoms with Crippen LogP contribution in [0.2, 0.25) is 46.3 Å². The van der Waals surface area contributed by atoms with Gasteiger partial charge in [-0.15, -0.1) is 0 Å². The molecule has 0 radical (unpaired) electrons. The topological polar surface area (TPSA) is 152 Å². The molecule has 0 atom stereocenters. The van der Waals surface area contributed by atoms with E-state index in [0.717, 1.165) is 28.3 Å². The molecule has 2 saturated heterocycles. The molecule has 4 heterocycles. The average Bonchev–Trinajstić information content (AvgIpc) is 3.20. The van der Waals surface area contributed by atoms with E-state index in [1.54, 1.807) is 36.7 Å². The second kappa shape index (κ2) is 22.1. The highest BCUT2D eigenvalue weighted by molar-refractivity contribution is 9.10. The van der Waals surface area contributed by atoms with Crippen LogP contribution in [0.1, 0.15) is 67.2 Å². The lowest BCUT2D eigenvalue weighted by Gasteiger charge is -2.36. The number of sulfonamides is 2. The summed E-state index contributed by atoms with van der Waals surface area (Å²) in [6, 6.07) is 22.0. The van der Waals surface area contributed by atoms with E-state index in [1.165, 1.54) is 0 Å². The molecule has 63 heavy (non-hydrogen) atoms. The minimum absolute atomic E-state index is 0.0775. The molecule has 2 aliphatic rings. The van der Waals surface area contributed by atoms with Crippen LogP contribution in [0, 0.1) is 0 Å². The Bertz CT molecular complexity index is 2250. The summed E-state index contributed by atoms with van der Waals surface area (Å²) in [4.78, 5) is 10.7. The standard InChI is InChI=1S/C22H32ClN3O3SSi.C16H29N3O3SSi.C6H4BrCl/c1-22(2,3)31(4,5)29-19-10-11-21(24-16-19)25-30(27,28)20-12-14-26(15-13-20)18-8-6-17(23)7-9-18;1-16(2,3)24(4,5)22-13-6-7-15(18-12-13)19-23(20,21)14-8-10-17-11-9-14;7-5-1-3-6(8)4-2-5/h6-11,16,20H,12-15H2,1-5H3,(H,24,25);6-7,12,14,17H,8-11H2,1-5H3,(H,18,19);1-4H. The molecule has 3 N–H and O–H groups in total. The smallest absolute Gasteiger partial charge is 0.250 e. The molecule has 2 aromatic carbocycles. The first-order chi connectivity index (χ1) is 29.2. The number of aromatic nitrogens is 2. The quantitative estimate of drug-likeness (QED) is 0.124. The second-order valence-corrected chi connectivity index (χ2v) is 34.0. The number of nitrogens with one attached hydrogen (secondary N) is 3. The van der Waals surface area contributed by atoms with Gasteiger partial charge in [0, 0.05) is 33.3 Å². The van der Waals surface area contributed by atoms with Crippen LogP contribution in [0.15, 0.2) is 89.7 Å². The SMILES string of the molecule is CC(C)(C)[Si](C)(C)Oc1ccc(NS(=O)(=O)C2CCN(c3ccc(Cl)cc3)CC2)nc1.CC(C)(C)[Si](C)(C)Oc1ccc(NS(=O)(=O)C2CCNCC2)nc1.Clc1ccc(Br)cc1. The van der Waals surface area contributed by atoms with Crippen LogP contribution in [-0.2, 0) is 20.0 Å². The van der Waals surface area contributed by atoms with Crippen molar-refractivity contribution in [1.82, 2.24) is 15.3 Å². The maximum atomic E-state index is 12.9. The minimum Gasteiger partial charge on any atom is -0.542 e. The normalized spacial score (nSPS) is 15.9. The van der Waals surface area contributed by atoms with Gasteiger partial charge < -0.3 is 19.1 Å². The monoisotopic (exact) mass is 1040 g/mol. The maximum absolute atomic E-state index is 12.9. The van der Waals surface area contributed by atoms with Gasteiger partial charge in [-0.1, -0.05) is 80.7 Å². The Morgan fingerprint density at radius 1 is 0.635 bits per heavy atom. The van der Waals surface area contributed by atoms with Gasteiger partial charge in [-0.25, -0.2) is 26.8 Å². The Kier molecular flexibility index (Phi) is 18.5. The lowest BCUT2D eigenvalue weighted by Crippen LogP contribution is -2.43. The van der Waals surface area contributed by atoms with Gasteiger partial charge in [0.1, 0.15) is 23.1 Å². The number of hydrogen-bond acceptors (Lipinski definition) is 10. The zero-order valence-corrected chi connectivity index (χ0v) is 44.9. The van der Waals surface area contributed by atoms with E-state index < -0.39 is 41.9 Å². The van der Waals surface area contributed by atoms with Crippen molar-refractivity contribution in [1.29, 1.82) is 0 Å². The molecule has 12 nitrogen and oxygen atoms in total. The Labute approximate surface area is 397 Å². The van der Waals surface area contributed by atoms with Crippen molar-refractivity contribution in [3.8, 4) is 11.5 Å². The number of hydrogen-bond donors (Lipinski definition) is 3. The van der Waals surface area contributed by atoms with Crippen LogP contribution >= 0.6 is 39.1 Å². The number of halogens is 3. The van der Waals surface area contributed by atoms with Crippen molar-refractivity contribution in [2.24, 2.45) is 0 Å². The van der Waals surface area contributed by atoms with Crippen LogP contribution in [0.4, 0.5) is 17.3 Å². The van der Waals surface area contributed by atoms with Crippen LogP contribution < -0.4 is 28.5 Å². The molecule has 0 amide bonds. The molecule has 2 aliphatic heterocycles. The van der Waals surface area contributed by atoms with Crippen molar-refractivity contribution < 1.29 is 25.7 Å². The van der Waals surface area contributed by atoms with E-state index in [1.807, 2.05) is 48.5 Å². The summed E-state index contributed by atoms with van der Waals surface area (Å²) in [5, 5.41) is 4.01. The summed E-state index contributed by atoms with van der Waals surface area (Å²) in [5.74, 6) is 2.02. The Morgan fingerprint density at radius 2 is 1.02 bits per heavy atom.